The molecule has 0 radical (unpaired) electrons. The summed E-state index contributed by atoms with van der Waals surface area (Å²) in [6.45, 7) is 0. The Morgan fingerprint density at radius 1 is 1.27 bits per heavy atom. The van der Waals surface area contributed by atoms with E-state index in [1.807, 2.05) is 0 Å². The van der Waals surface area contributed by atoms with Gasteiger partial charge in [0, 0.05) is 0 Å². The predicted octanol–water partition coefficient (Wildman–Crippen LogP) is 3.13. The Labute approximate surface area is 130 Å². The summed E-state index contributed by atoms with van der Waals surface area (Å²) >= 11 is 5.71. The van der Waals surface area contributed by atoms with Gasteiger partial charge in [0.25, 0.3) is 0 Å². The Morgan fingerprint density at radius 3 is 2.73 bits per heavy atom. The Morgan fingerprint density at radius 2 is 2.00 bits per heavy atom. The topological polar surface area (TPSA) is 70.5 Å². The minimum Gasteiger partial charge on any atom is -0.504 e. The molecule has 0 aliphatic heterocycles. The standard InChI is InChI=1S/C14H10ClFN2O4/c1-20-7-6-11(19)21-9-4-2-3-5-10(9)22-14-12(15)13(16)17-8-18-14/h2-8H,1H3. The lowest BCUT2D eigenvalue weighted by molar-refractivity contribution is -0.129. The summed E-state index contributed by atoms with van der Waals surface area (Å²) in [6.07, 6.45) is 3.23. The smallest absolute Gasteiger partial charge is 0.339 e. The Balaban J connectivity index is 2.23. The fraction of sp³-hybridized carbons (Fsp3) is 0.0714. The van der Waals surface area contributed by atoms with Gasteiger partial charge in [0.15, 0.2) is 16.5 Å². The molecule has 0 aliphatic carbocycles. The van der Waals surface area contributed by atoms with Gasteiger partial charge in [-0.25, -0.2) is 9.78 Å². The molecule has 0 aliphatic rings. The van der Waals surface area contributed by atoms with Crippen LogP contribution in [0.1, 0.15) is 0 Å². The summed E-state index contributed by atoms with van der Waals surface area (Å²) in [4.78, 5) is 18.6. The molecule has 0 fully saturated rings. The summed E-state index contributed by atoms with van der Waals surface area (Å²) in [7, 11) is 1.40. The van der Waals surface area contributed by atoms with Gasteiger partial charge in [0.2, 0.25) is 11.8 Å². The summed E-state index contributed by atoms with van der Waals surface area (Å²) in [5.74, 6) is -1.52. The molecule has 2 aromatic rings. The van der Waals surface area contributed by atoms with Crippen LogP contribution in [-0.4, -0.2) is 23.0 Å². The fourth-order valence-electron chi connectivity index (χ4n) is 1.39. The molecule has 8 heteroatoms. The summed E-state index contributed by atoms with van der Waals surface area (Å²) < 4.78 is 28.3. The molecule has 1 heterocycles. The molecule has 0 saturated carbocycles. The van der Waals surface area contributed by atoms with Crippen LogP contribution in [0.2, 0.25) is 5.02 Å². The molecular weight excluding hydrogens is 315 g/mol. The van der Waals surface area contributed by atoms with Crippen LogP contribution in [-0.2, 0) is 9.53 Å². The third-order valence-corrected chi connectivity index (χ3v) is 2.64. The number of hydrogen-bond acceptors (Lipinski definition) is 6. The Hall–Kier alpha value is -2.67. The minimum atomic E-state index is -0.913. The highest BCUT2D eigenvalue weighted by Crippen LogP contribution is 2.34. The Kier molecular flexibility index (Phi) is 5.26. The predicted molar refractivity (Wildman–Crippen MR) is 75.3 cm³/mol. The molecule has 0 saturated heterocycles. The number of esters is 1. The van der Waals surface area contributed by atoms with Crippen molar-refractivity contribution >= 4 is 17.6 Å². The van der Waals surface area contributed by atoms with Crippen LogP contribution in [0, 0.1) is 5.95 Å². The lowest BCUT2D eigenvalue weighted by Gasteiger charge is -2.10. The van der Waals surface area contributed by atoms with Crippen molar-refractivity contribution in [3.63, 3.8) is 0 Å². The van der Waals surface area contributed by atoms with Crippen LogP contribution in [0.15, 0.2) is 42.9 Å². The number of aromatic nitrogens is 2. The molecule has 2 rings (SSSR count). The highest BCUT2D eigenvalue weighted by Gasteiger charge is 2.14. The van der Waals surface area contributed by atoms with Crippen molar-refractivity contribution in [2.75, 3.05) is 7.11 Å². The second-order valence-electron chi connectivity index (χ2n) is 3.79. The van der Waals surface area contributed by atoms with Crippen molar-refractivity contribution in [3.8, 4) is 17.4 Å². The van der Waals surface area contributed by atoms with Crippen LogP contribution in [0.3, 0.4) is 0 Å². The van der Waals surface area contributed by atoms with Gasteiger partial charge >= 0.3 is 5.97 Å². The van der Waals surface area contributed by atoms with E-state index in [0.717, 1.165) is 12.4 Å². The summed E-state index contributed by atoms with van der Waals surface area (Å²) in [5, 5.41) is -0.372. The molecule has 6 nitrogen and oxygen atoms in total. The third-order valence-electron chi connectivity index (χ3n) is 2.32. The molecule has 0 spiro atoms. The number of para-hydroxylation sites is 2. The number of halogens is 2. The van der Waals surface area contributed by atoms with Crippen LogP contribution in [0.25, 0.3) is 0 Å². The second-order valence-corrected chi connectivity index (χ2v) is 4.17. The van der Waals surface area contributed by atoms with E-state index in [9.17, 15) is 9.18 Å². The first-order valence-electron chi connectivity index (χ1n) is 5.96. The number of hydrogen-bond donors (Lipinski definition) is 0. The molecule has 22 heavy (non-hydrogen) atoms. The monoisotopic (exact) mass is 324 g/mol. The average Bonchev–Trinajstić information content (AvgIpc) is 2.51. The quantitative estimate of drug-likeness (QED) is 0.277. The first kappa shape index (κ1) is 15.7. The van der Waals surface area contributed by atoms with Gasteiger partial charge in [-0.3, -0.25) is 0 Å². The van der Waals surface area contributed by atoms with Gasteiger partial charge in [-0.15, -0.1) is 0 Å². The molecular formula is C14H10ClFN2O4. The van der Waals surface area contributed by atoms with Crippen molar-refractivity contribution in [2.45, 2.75) is 0 Å². The largest absolute Gasteiger partial charge is 0.504 e. The number of benzene rings is 1. The van der Waals surface area contributed by atoms with E-state index in [2.05, 4.69) is 14.7 Å². The maximum absolute atomic E-state index is 13.3. The maximum Gasteiger partial charge on any atom is 0.339 e. The van der Waals surface area contributed by atoms with E-state index in [-0.39, 0.29) is 22.4 Å². The van der Waals surface area contributed by atoms with Gasteiger partial charge in [0.05, 0.1) is 19.4 Å². The van der Waals surface area contributed by atoms with Crippen molar-refractivity contribution < 1.29 is 23.4 Å². The Bertz CT molecular complexity index is 709. The molecule has 0 unspecified atom stereocenters. The zero-order valence-corrected chi connectivity index (χ0v) is 12.1. The first-order valence-corrected chi connectivity index (χ1v) is 6.33. The number of nitrogens with zero attached hydrogens (tertiary/aromatic N) is 2. The van der Waals surface area contributed by atoms with Crippen LogP contribution in [0.4, 0.5) is 4.39 Å². The number of methoxy groups -OCH3 is 1. The molecule has 114 valence electrons. The normalized spacial score (nSPS) is 10.5. The van der Waals surface area contributed by atoms with E-state index >= 15 is 0 Å². The highest BCUT2D eigenvalue weighted by atomic mass is 35.5. The van der Waals surface area contributed by atoms with Gasteiger partial charge in [0.1, 0.15) is 6.33 Å². The SMILES string of the molecule is COC=CC(=O)Oc1ccccc1Oc1ncnc(F)c1Cl. The molecule has 1 aromatic heterocycles. The van der Waals surface area contributed by atoms with Crippen molar-refractivity contribution in [3.05, 3.63) is 53.9 Å². The second kappa shape index (κ2) is 7.37. The number of rotatable bonds is 5. The zero-order chi connectivity index (χ0) is 15.9. The van der Waals surface area contributed by atoms with Crippen molar-refractivity contribution in [2.24, 2.45) is 0 Å². The molecule has 1 aromatic carbocycles. The lowest BCUT2D eigenvalue weighted by Crippen LogP contribution is -2.05. The van der Waals surface area contributed by atoms with Gasteiger partial charge in [-0.1, -0.05) is 23.7 Å². The van der Waals surface area contributed by atoms with Crippen LogP contribution in [0.5, 0.6) is 17.4 Å². The van der Waals surface area contributed by atoms with Crippen molar-refractivity contribution in [1.29, 1.82) is 0 Å². The molecule has 0 bridgehead atoms. The summed E-state index contributed by atoms with van der Waals surface area (Å²) in [6, 6.07) is 6.29. The highest BCUT2D eigenvalue weighted by molar-refractivity contribution is 6.31. The van der Waals surface area contributed by atoms with E-state index in [0.29, 0.717) is 0 Å². The number of carbonyl (C=O) groups is 1. The van der Waals surface area contributed by atoms with E-state index in [4.69, 9.17) is 21.1 Å². The van der Waals surface area contributed by atoms with Crippen LogP contribution >= 0.6 is 11.6 Å². The summed E-state index contributed by atoms with van der Waals surface area (Å²) in [5.41, 5.74) is 0. The van der Waals surface area contributed by atoms with Crippen LogP contribution < -0.4 is 9.47 Å². The number of carbonyl (C=O) groups excluding carboxylic acids is 1. The van der Waals surface area contributed by atoms with Gasteiger partial charge in [-0.05, 0) is 12.1 Å². The average molecular weight is 325 g/mol. The van der Waals surface area contributed by atoms with E-state index in [1.54, 1.807) is 12.1 Å². The molecule has 0 atom stereocenters. The van der Waals surface area contributed by atoms with Gasteiger partial charge in [-0.2, -0.15) is 9.37 Å². The first-order chi connectivity index (χ1) is 10.6. The lowest BCUT2D eigenvalue weighted by atomic mass is 10.3. The molecule has 0 N–H and O–H groups in total. The fourth-order valence-corrected chi connectivity index (χ4v) is 1.53. The number of ether oxygens (including phenoxy) is 3. The maximum atomic E-state index is 13.3. The van der Waals surface area contributed by atoms with E-state index in [1.165, 1.54) is 25.5 Å². The van der Waals surface area contributed by atoms with Gasteiger partial charge < -0.3 is 14.2 Å². The third kappa shape index (κ3) is 3.92. The zero-order valence-electron chi connectivity index (χ0n) is 11.3. The molecule has 0 amide bonds. The van der Waals surface area contributed by atoms with E-state index < -0.39 is 11.9 Å². The minimum absolute atomic E-state index is 0.114. The van der Waals surface area contributed by atoms with Crippen molar-refractivity contribution in [1.82, 2.24) is 9.97 Å².